The van der Waals surface area contributed by atoms with E-state index < -0.39 is 11.5 Å². The summed E-state index contributed by atoms with van der Waals surface area (Å²) >= 11 is 0. The number of carbonyl (C=O) groups is 1. The number of hydrogen-bond acceptors (Lipinski definition) is 2. The van der Waals surface area contributed by atoms with Crippen molar-refractivity contribution in [3.63, 3.8) is 0 Å². The Morgan fingerprint density at radius 2 is 2.06 bits per heavy atom. The lowest BCUT2D eigenvalue weighted by Crippen LogP contribution is -2.50. The van der Waals surface area contributed by atoms with Crippen LogP contribution in [0, 0.1) is 0 Å². The van der Waals surface area contributed by atoms with E-state index in [2.05, 4.69) is 18.7 Å². The Bertz CT molecular complexity index is 230. The topological polar surface area (TPSA) is 40.5 Å². The van der Waals surface area contributed by atoms with E-state index in [1.807, 2.05) is 0 Å². The fourth-order valence-electron chi connectivity index (χ4n) is 2.86. The quantitative estimate of drug-likeness (QED) is 0.680. The number of carboxylic acids is 1. The number of carboxylic acid groups (broad SMARTS) is 1. The van der Waals surface area contributed by atoms with Crippen LogP contribution in [0.4, 0.5) is 0 Å². The fourth-order valence-corrected chi connectivity index (χ4v) is 2.86. The highest BCUT2D eigenvalue weighted by Crippen LogP contribution is 2.34. The molecule has 0 radical (unpaired) electrons. The van der Waals surface area contributed by atoms with Gasteiger partial charge >= 0.3 is 5.97 Å². The predicted molar refractivity (Wildman–Crippen MR) is 65.6 cm³/mol. The molecule has 0 bridgehead atoms. The number of unbranched alkanes of at least 4 members (excludes halogenated alkanes) is 2. The Hall–Kier alpha value is -0.570. The summed E-state index contributed by atoms with van der Waals surface area (Å²) in [5.74, 6) is -0.608. The summed E-state index contributed by atoms with van der Waals surface area (Å²) in [6, 6.07) is 0. The first-order valence-electron chi connectivity index (χ1n) is 6.66. The summed E-state index contributed by atoms with van der Waals surface area (Å²) in [4.78, 5) is 13.7. The summed E-state index contributed by atoms with van der Waals surface area (Å²) < 4.78 is 0. The van der Waals surface area contributed by atoms with Crippen molar-refractivity contribution in [1.82, 2.24) is 4.90 Å². The molecule has 0 aromatic rings. The highest BCUT2D eigenvalue weighted by atomic mass is 16.4. The van der Waals surface area contributed by atoms with E-state index in [0.29, 0.717) is 0 Å². The van der Waals surface area contributed by atoms with Gasteiger partial charge in [0.1, 0.15) is 5.54 Å². The molecule has 1 heterocycles. The highest BCUT2D eigenvalue weighted by molar-refractivity contribution is 5.79. The van der Waals surface area contributed by atoms with Crippen molar-refractivity contribution in [1.29, 1.82) is 0 Å². The van der Waals surface area contributed by atoms with Gasteiger partial charge in [0.25, 0.3) is 0 Å². The predicted octanol–water partition coefficient (Wildman–Crippen LogP) is 2.90. The third-order valence-electron chi connectivity index (χ3n) is 3.72. The first kappa shape index (κ1) is 13.5. The van der Waals surface area contributed by atoms with E-state index in [-0.39, 0.29) is 0 Å². The highest BCUT2D eigenvalue weighted by Gasteiger charge is 2.46. The van der Waals surface area contributed by atoms with Gasteiger partial charge in [-0.1, -0.05) is 33.1 Å². The van der Waals surface area contributed by atoms with E-state index in [1.165, 1.54) is 12.8 Å². The third-order valence-corrected chi connectivity index (χ3v) is 3.72. The second-order valence-corrected chi connectivity index (χ2v) is 4.88. The molecule has 16 heavy (non-hydrogen) atoms. The summed E-state index contributed by atoms with van der Waals surface area (Å²) in [6.07, 6.45) is 7.17. The molecule has 0 aliphatic carbocycles. The first-order valence-corrected chi connectivity index (χ1v) is 6.66. The molecule has 1 unspecified atom stereocenters. The van der Waals surface area contributed by atoms with E-state index in [0.717, 1.165) is 45.2 Å². The molecule has 3 heteroatoms. The van der Waals surface area contributed by atoms with Gasteiger partial charge in [0.05, 0.1) is 0 Å². The van der Waals surface area contributed by atoms with Crippen molar-refractivity contribution in [2.24, 2.45) is 0 Å². The van der Waals surface area contributed by atoms with Crippen LogP contribution in [0.5, 0.6) is 0 Å². The fraction of sp³-hybridized carbons (Fsp3) is 0.923. The maximum Gasteiger partial charge on any atom is 0.324 e. The van der Waals surface area contributed by atoms with Crippen molar-refractivity contribution >= 4 is 5.97 Å². The van der Waals surface area contributed by atoms with Crippen LogP contribution in [0.1, 0.15) is 58.8 Å². The zero-order valence-electron chi connectivity index (χ0n) is 10.7. The van der Waals surface area contributed by atoms with E-state index in [4.69, 9.17) is 0 Å². The average Bonchev–Trinajstić information content (AvgIpc) is 2.64. The second-order valence-electron chi connectivity index (χ2n) is 4.88. The van der Waals surface area contributed by atoms with Crippen LogP contribution in [0.2, 0.25) is 0 Å². The Morgan fingerprint density at radius 1 is 1.31 bits per heavy atom. The van der Waals surface area contributed by atoms with Crippen molar-refractivity contribution in [3.05, 3.63) is 0 Å². The molecule has 3 nitrogen and oxygen atoms in total. The second kappa shape index (κ2) is 6.24. The molecule has 1 rings (SSSR count). The zero-order chi connectivity index (χ0) is 12.0. The van der Waals surface area contributed by atoms with E-state index >= 15 is 0 Å². The number of rotatable bonds is 7. The molecular formula is C13H25NO2. The van der Waals surface area contributed by atoms with Gasteiger partial charge in [-0.15, -0.1) is 0 Å². The SMILES string of the molecule is CCCCCN1CCCC1(CCC)C(=O)O. The van der Waals surface area contributed by atoms with E-state index in [9.17, 15) is 9.90 Å². The number of hydrogen-bond donors (Lipinski definition) is 1. The van der Waals surface area contributed by atoms with Gasteiger partial charge in [0.2, 0.25) is 0 Å². The Kier molecular flexibility index (Phi) is 5.26. The van der Waals surface area contributed by atoms with Crippen LogP contribution in [0.15, 0.2) is 0 Å². The minimum absolute atomic E-state index is 0.539. The number of likely N-dealkylation sites (tertiary alicyclic amines) is 1. The third kappa shape index (κ3) is 2.76. The van der Waals surface area contributed by atoms with Crippen LogP contribution < -0.4 is 0 Å². The van der Waals surface area contributed by atoms with Gasteiger partial charge in [-0.3, -0.25) is 9.69 Å². The Morgan fingerprint density at radius 3 is 2.62 bits per heavy atom. The smallest absolute Gasteiger partial charge is 0.324 e. The van der Waals surface area contributed by atoms with E-state index in [1.54, 1.807) is 0 Å². The monoisotopic (exact) mass is 227 g/mol. The zero-order valence-corrected chi connectivity index (χ0v) is 10.7. The Balaban J connectivity index is 2.62. The van der Waals surface area contributed by atoms with Gasteiger partial charge < -0.3 is 5.11 Å². The molecule has 1 aliphatic rings. The molecule has 1 fully saturated rings. The molecule has 0 aromatic carbocycles. The van der Waals surface area contributed by atoms with Crippen LogP contribution in [-0.2, 0) is 4.79 Å². The first-order chi connectivity index (χ1) is 7.67. The Labute approximate surface area is 98.8 Å². The molecule has 1 atom stereocenters. The number of aliphatic carboxylic acids is 1. The van der Waals surface area contributed by atoms with Gasteiger partial charge in [0, 0.05) is 0 Å². The number of nitrogens with zero attached hydrogens (tertiary/aromatic N) is 1. The maximum atomic E-state index is 11.5. The van der Waals surface area contributed by atoms with Crippen molar-refractivity contribution in [3.8, 4) is 0 Å². The lowest BCUT2D eigenvalue weighted by Gasteiger charge is -2.34. The molecular weight excluding hydrogens is 202 g/mol. The van der Waals surface area contributed by atoms with Crippen molar-refractivity contribution in [2.45, 2.75) is 64.3 Å². The molecule has 1 N–H and O–H groups in total. The lowest BCUT2D eigenvalue weighted by molar-refractivity contribution is -0.150. The molecule has 0 spiro atoms. The molecule has 0 saturated carbocycles. The normalized spacial score (nSPS) is 26.1. The van der Waals surface area contributed by atoms with Crippen LogP contribution in [-0.4, -0.2) is 34.6 Å². The van der Waals surface area contributed by atoms with Crippen molar-refractivity contribution in [2.75, 3.05) is 13.1 Å². The van der Waals surface area contributed by atoms with Crippen molar-refractivity contribution < 1.29 is 9.90 Å². The van der Waals surface area contributed by atoms with Gasteiger partial charge in [0.15, 0.2) is 0 Å². The van der Waals surface area contributed by atoms with Crippen LogP contribution >= 0.6 is 0 Å². The molecule has 1 saturated heterocycles. The minimum atomic E-state index is -0.608. The molecule has 0 aromatic heterocycles. The minimum Gasteiger partial charge on any atom is -0.480 e. The van der Waals surface area contributed by atoms with Gasteiger partial charge in [-0.2, -0.15) is 0 Å². The molecule has 0 amide bonds. The summed E-state index contributed by atoms with van der Waals surface area (Å²) in [5, 5.41) is 9.48. The van der Waals surface area contributed by atoms with Crippen LogP contribution in [0.3, 0.4) is 0 Å². The van der Waals surface area contributed by atoms with Crippen LogP contribution in [0.25, 0.3) is 0 Å². The molecule has 94 valence electrons. The molecule has 1 aliphatic heterocycles. The average molecular weight is 227 g/mol. The van der Waals surface area contributed by atoms with Gasteiger partial charge in [-0.25, -0.2) is 0 Å². The standard InChI is InChI=1S/C13H25NO2/c1-3-5-6-10-14-11-7-9-13(14,8-4-2)12(15)16/h3-11H2,1-2H3,(H,15,16). The maximum absolute atomic E-state index is 11.5. The summed E-state index contributed by atoms with van der Waals surface area (Å²) in [6.45, 7) is 6.18. The summed E-state index contributed by atoms with van der Waals surface area (Å²) in [7, 11) is 0. The lowest BCUT2D eigenvalue weighted by atomic mass is 9.90. The van der Waals surface area contributed by atoms with Gasteiger partial charge in [-0.05, 0) is 38.8 Å². The largest absolute Gasteiger partial charge is 0.480 e. The summed E-state index contributed by atoms with van der Waals surface area (Å²) in [5.41, 5.74) is -0.539.